The van der Waals surface area contributed by atoms with Crippen LogP contribution in [0.15, 0.2) is 24.3 Å². The van der Waals surface area contributed by atoms with Gasteiger partial charge >= 0.3 is 0 Å². The lowest BCUT2D eigenvalue weighted by molar-refractivity contribution is -0.169. The predicted octanol–water partition coefficient (Wildman–Crippen LogP) is 3.58. The zero-order valence-electron chi connectivity index (χ0n) is 15.4. The van der Waals surface area contributed by atoms with Crippen molar-refractivity contribution in [1.82, 2.24) is 4.90 Å². The van der Waals surface area contributed by atoms with Gasteiger partial charge in [0.2, 0.25) is 5.91 Å². The number of nitrogens with two attached hydrogens (primary N) is 1. The number of nitrogens with zero attached hydrogens (tertiary/aromatic N) is 1. The van der Waals surface area contributed by atoms with Crippen molar-refractivity contribution in [3.63, 3.8) is 0 Å². The first-order chi connectivity index (χ1) is 11.6. The molecule has 1 saturated carbocycles. The molecular formula is C20H31ClN2O2. The molecule has 3 atom stereocenters. The number of amides is 1. The van der Waals surface area contributed by atoms with Crippen LogP contribution in [0.25, 0.3) is 0 Å². The summed E-state index contributed by atoms with van der Waals surface area (Å²) in [7, 11) is 1.84. The van der Waals surface area contributed by atoms with Crippen LogP contribution in [0.4, 0.5) is 0 Å². The Morgan fingerprint density at radius 1 is 1.32 bits per heavy atom. The molecule has 1 aromatic carbocycles. The number of likely N-dealkylation sites (tertiary alicyclic amines) is 1. The normalized spacial score (nSPS) is 29.0. The lowest BCUT2D eigenvalue weighted by Gasteiger charge is -2.55. The Labute approximate surface area is 157 Å². The summed E-state index contributed by atoms with van der Waals surface area (Å²) in [6.07, 6.45) is 6.15. The second kappa shape index (κ2) is 8.52. The van der Waals surface area contributed by atoms with Crippen LogP contribution in [0, 0.1) is 11.8 Å². The number of primary amides is 1. The van der Waals surface area contributed by atoms with Gasteiger partial charge < -0.3 is 15.4 Å². The Hall–Kier alpha value is -1.10. The van der Waals surface area contributed by atoms with Gasteiger partial charge in [0.05, 0.1) is 0 Å². The SMILES string of the molecule is CCCCN1C[C@H]2CCC[C@@H](C1)C2(OC)c1cccc(C(N)=O)c1.Cl. The number of carbonyl (C=O) groups is 1. The van der Waals surface area contributed by atoms with Gasteiger partial charge in [-0.3, -0.25) is 4.79 Å². The number of halogens is 1. The van der Waals surface area contributed by atoms with Crippen molar-refractivity contribution in [2.24, 2.45) is 17.6 Å². The summed E-state index contributed by atoms with van der Waals surface area (Å²) in [5.41, 5.74) is 6.94. The largest absolute Gasteiger partial charge is 0.373 e. The molecule has 3 rings (SSSR count). The Morgan fingerprint density at radius 3 is 2.56 bits per heavy atom. The zero-order chi connectivity index (χ0) is 17.2. The average molecular weight is 367 g/mol. The molecular weight excluding hydrogens is 336 g/mol. The van der Waals surface area contributed by atoms with Crippen molar-refractivity contribution < 1.29 is 9.53 Å². The van der Waals surface area contributed by atoms with Crippen LogP contribution in [-0.2, 0) is 10.3 Å². The number of methoxy groups -OCH3 is 1. The molecule has 1 aliphatic heterocycles. The number of fused-ring (bicyclic) bond motifs is 2. The van der Waals surface area contributed by atoms with Crippen LogP contribution in [0.2, 0.25) is 0 Å². The minimum atomic E-state index is -0.367. The molecule has 2 aliphatic rings. The topological polar surface area (TPSA) is 55.6 Å². The van der Waals surface area contributed by atoms with Gasteiger partial charge in [0.1, 0.15) is 5.60 Å². The molecule has 1 aliphatic carbocycles. The van der Waals surface area contributed by atoms with Crippen molar-refractivity contribution in [3.05, 3.63) is 35.4 Å². The molecule has 5 heteroatoms. The van der Waals surface area contributed by atoms with Crippen molar-refractivity contribution in [2.45, 2.75) is 44.6 Å². The first-order valence-corrected chi connectivity index (χ1v) is 9.29. The van der Waals surface area contributed by atoms with E-state index in [4.69, 9.17) is 10.5 Å². The standard InChI is InChI=1S/C20H30N2O2.ClH/c1-3-4-11-22-13-17-9-6-10-18(14-22)20(17,24-2)16-8-5-7-15(12-16)19(21)23;/h5,7-8,12,17-18H,3-4,6,9-11,13-14H2,1-2H3,(H2,21,23);1H/t17-,18+,20?;. The Morgan fingerprint density at radius 2 is 2.00 bits per heavy atom. The van der Waals surface area contributed by atoms with Crippen LogP contribution >= 0.6 is 12.4 Å². The summed E-state index contributed by atoms with van der Waals surface area (Å²) in [5, 5.41) is 0. The van der Waals surface area contributed by atoms with Crippen molar-refractivity contribution in [1.29, 1.82) is 0 Å². The molecule has 140 valence electrons. The van der Waals surface area contributed by atoms with E-state index in [9.17, 15) is 4.79 Å². The van der Waals surface area contributed by atoms with E-state index in [1.165, 1.54) is 38.6 Å². The van der Waals surface area contributed by atoms with Gasteiger partial charge in [0, 0.05) is 37.6 Å². The first-order valence-electron chi connectivity index (χ1n) is 9.29. The Balaban J connectivity index is 0.00000225. The van der Waals surface area contributed by atoms with Crippen molar-refractivity contribution >= 4 is 18.3 Å². The molecule has 1 heterocycles. The minimum Gasteiger partial charge on any atom is -0.373 e. The third kappa shape index (κ3) is 3.71. The highest BCUT2D eigenvalue weighted by Crippen LogP contribution is 2.51. The van der Waals surface area contributed by atoms with E-state index < -0.39 is 0 Å². The second-order valence-electron chi connectivity index (χ2n) is 7.38. The second-order valence-corrected chi connectivity index (χ2v) is 7.38. The van der Waals surface area contributed by atoms with Crippen molar-refractivity contribution in [2.75, 3.05) is 26.7 Å². The van der Waals surface area contributed by atoms with E-state index in [1.807, 2.05) is 19.2 Å². The Bertz CT molecular complexity index is 579. The van der Waals surface area contributed by atoms with Crippen LogP contribution in [0.5, 0.6) is 0 Å². The fraction of sp³-hybridized carbons (Fsp3) is 0.650. The molecule has 1 amide bonds. The smallest absolute Gasteiger partial charge is 0.248 e. The number of hydrogen-bond acceptors (Lipinski definition) is 3. The van der Waals surface area contributed by atoms with Crippen LogP contribution in [-0.4, -0.2) is 37.6 Å². The highest BCUT2D eigenvalue weighted by molar-refractivity contribution is 5.92. The van der Waals surface area contributed by atoms with Gasteiger partial charge in [0.25, 0.3) is 0 Å². The van der Waals surface area contributed by atoms with Gasteiger partial charge in [-0.25, -0.2) is 0 Å². The lowest BCUT2D eigenvalue weighted by Crippen LogP contribution is -2.59. The number of hydrogen-bond donors (Lipinski definition) is 1. The fourth-order valence-electron chi connectivity index (χ4n) is 4.93. The van der Waals surface area contributed by atoms with E-state index in [0.717, 1.165) is 18.7 Å². The van der Waals surface area contributed by atoms with Gasteiger partial charge in [-0.2, -0.15) is 0 Å². The summed E-state index contributed by atoms with van der Waals surface area (Å²) in [5.74, 6) is 0.596. The number of benzene rings is 1. The third-order valence-electron chi connectivity index (χ3n) is 6.04. The van der Waals surface area contributed by atoms with Gasteiger partial charge in [0.15, 0.2) is 0 Å². The van der Waals surface area contributed by atoms with E-state index in [2.05, 4.69) is 17.9 Å². The lowest BCUT2D eigenvalue weighted by atomic mass is 9.62. The fourth-order valence-corrected chi connectivity index (χ4v) is 4.93. The first kappa shape index (κ1) is 20.2. The number of ether oxygens (including phenoxy) is 1. The molecule has 2 bridgehead atoms. The maximum Gasteiger partial charge on any atom is 0.248 e. The molecule has 25 heavy (non-hydrogen) atoms. The van der Waals surface area contributed by atoms with E-state index in [-0.39, 0.29) is 23.9 Å². The van der Waals surface area contributed by atoms with Gasteiger partial charge in [-0.15, -0.1) is 12.4 Å². The molecule has 1 unspecified atom stereocenters. The average Bonchev–Trinajstić information content (AvgIpc) is 2.59. The molecule has 0 aromatic heterocycles. The van der Waals surface area contributed by atoms with Crippen molar-refractivity contribution in [3.8, 4) is 0 Å². The highest BCUT2D eigenvalue weighted by Gasteiger charge is 2.53. The molecule has 2 fully saturated rings. The van der Waals surface area contributed by atoms with E-state index >= 15 is 0 Å². The highest BCUT2D eigenvalue weighted by atomic mass is 35.5. The maximum absolute atomic E-state index is 11.6. The van der Waals surface area contributed by atoms with Gasteiger partial charge in [-0.1, -0.05) is 31.9 Å². The number of rotatable bonds is 6. The van der Waals surface area contributed by atoms with Crippen LogP contribution < -0.4 is 5.73 Å². The molecule has 0 spiro atoms. The number of carbonyl (C=O) groups excluding carboxylic acids is 1. The molecule has 0 radical (unpaired) electrons. The zero-order valence-corrected chi connectivity index (χ0v) is 16.2. The van der Waals surface area contributed by atoms with E-state index in [0.29, 0.717) is 17.4 Å². The van der Waals surface area contributed by atoms with E-state index in [1.54, 1.807) is 6.07 Å². The summed E-state index contributed by atoms with van der Waals surface area (Å²) in [6, 6.07) is 7.80. The third-order valence-corrected chi connectivity index (χ3v) is 6.04. The maximum atomic E-state index is 11.6. The molecule has 1 saturated heterocycles. The van der Waals surface area contributed by atoms with Crippen LogP contribution in [0.1, 0.15) is 54.9 Å². The van der Waals surface area contributed by atoms with Crippen LogP contribution in [0.3, 0.4) is 0 Å². The number of unbranched alkanes of at least 4 members (excludes halogenated alkanes) is 1. The minimum absolute atomic E-state index is 0. The quantitative estimate of drug-likeness (QED) is 0.837. The molecule has 1 aromatic rings. The summed E-state index contributed by atoms with van der Waals surface area (Å²) < 4.78 is 6.24. The molecule has 2 N–H and O–H groups in total. The Kier molecular flexibility index (Phi) is 6.89. The summed E-state index contributed by atoms with van der Waals surface area (Å²) >= 11 is 0. The monoisotopic (exact) mass is 366 g/mol. The summed E-state index contributed by atoms with van der Waals surface area (Å²) in [6.45, 7) is 5.61. The predicted molar refractivity (Wildman–Crippen MR) is 103 cm³/mol. The molecule has 4 nitrogen and oxygen atoms in total. The summed E-state index contributed by atoms with van der Waals surface area (Å²) in [4.78, 5) is 14.2. The van der Waals surface area contributed by atoms with Gasteiger partial charge in [-0.05, 0) is 43.5 Å². The number of piperidine rings is 1.